The summed E-state index contributed by atoms with van der Waals surface area (Å²) in [4.78, 5) is 0. The Kier molecular flexibility index (Phi) is 2.08. The van der Waals surface area contributed by atoms with Crippen LogP contribution in [0.3, 0.4) is 0 Å². The topological polar surface area (TPSA) is 18.5 Å². The van der Waals surface area contributed by atoms with Gasteiger partial charge >= 0.3 is 12.2 Å². The molecule has 1 saturated heterocycles. The minimum absolute atomic E-state index is 0.833. The third kappa shape index (κ3) is 1.54. The molecule has 0 radical (unpaired) electrons. The van der Waals surface area contributed by atoms with Gasteiger partial charge in [-0.3, -0.25) is 0 Å². The highest BCUT2D eigenvalue weighted by molar-refractivity contribution is 4.77. The van der Waals surface area contributed by atoms with Gasteiger partial charge in [0.05, 0.1) is 0 Å². The van der Waals surface area contributed by atoms with Crippen LogP contribution in [-0.2, 0) is 9.47 Å². The van der Waals surface area contributed by atoms with Crippen LogP contribution in [0.1, 0.15) is 13.8 Å². The molecular weight excluding hydrogens is 180 g/mol. The smallest absolute Gasteiger partial charge is 0.306 e. The fourth-order valence-electron chi connectivity index (χ4n) is 0.800. The number of alkyl halides is 4. The summed E-state index contributed by atoms with van der Waals surface area (Å²) in [7, 11) is 0. The Hall–Kier alpha value is -0.360. The number of hydrogen-bond donors (Lipinski definition) is 0. The predicted octanol–water partition coefficient (Wildman–Crippen LogP) is 2.00. The lowest BCUT2D eigenvalue weighted by molar-refractivity contribution is -0.448. The van der Waals surface area contributed by atoms with Crippen molar-refractivity contribution in [3.63, 3.8) is 0 Å². The molecule has 0 spiro atoms. The molecule has 0 aromatic carbocycles. The van der Waals surface area contributed by atoms with Crippen molar-refractivity contribution in [2.75, 3.05) is 0 Å². The van der Waals surface area contributed by atoms with Crippen LogP contribution in [-0.4, -0.2) is 24.4 Å². The average molecular weight is 188 g/mol. The monoisotopic (exact) mass is 188 g/mol. The molecule has 1 heterocycles. The summed E-state index contributed by atoms with van der Waals surface area (Å²) in [6.45, 7) is 1.67. The Labute approximate surface area is 66.4 Å². The number of rotatable bonds is 0. The van der Waals surface area contributed by atoms with E-state index in [1.165, 1.54) is 0 Å². The number of hydrogen-bond acceptors (Lipinski definition) is 2. The van der Waals surface area contributed by atoms with Crippen LogP contribution in [0.2, 0.25) is 0 Å². The Morgan fingerprint density at radius 3 is 1.33 bits per heavy atom. The molecule has 0 amide bonds. The van der Waals surface area contributed by atoms with E-state index in [2.05, 4.69) is 9.47 Å². The number of ether oxygens (including phenoxy) is 2. The first kappa shape index (κ1) is 9.73. The van der Waals surface area contributed by atoms with Gasteiger partial charge in [0.15, 0.2) is 12.2 Å². The maximum absolute atomic E-state index is 12.5. The summed E-state index contributed by atoms with van der Waals surface area (Å²) in [5, 5.41) is 0. The summed E-state index contributed by atoms with van der Waals surface area (Å²) in [6, 6.07) is 0. The Balaban J connectivity index is 2.76. The van der Waals surface area contributed by atoms with Gasteiger partial charge in [0.25, 0.3) is 0 Å². The molecule has 1 aliphatic heterocycles. The van der Waals surface area contributed by atoms with Gasteiger partial charge in [-0.05, 0) is 13.8 Å². The van der Waals surface area contributed by atoms with Crippen LogP contribution < -0.4 is 0 Å². The van der Waals surface area contributed by atoms with Crippen molar-refractivity contribution in [1.29, 1.82) is 0 Å². The Bertz CT molecular complexity index is 162. The largest absolute Gasteiger partial charge is 0.382 e. The highest BCUT2D eigenvalue weighted by Gasteiger charge is 2.56. The quantitative estimate of drug-likeness (QED) is 0.541. The Morgan fingerprint density at radius 1 is 0.833 bits per heavy atom. The third-order valence-electron chi connectivity index (χ3n) is 1.61. The zero-order valence-corrected chi connectivity index (χ0v) is 6.48. The summed E-state index contributed by atoms with van der Waals surface area (Å²) in [5.41, 5.74) is 0. The number of halogens is 4. The second-order valence-corrected chi connectivity index (χ2v) is 2.64. The lowest BCUT2D eigenvalue weighted by atomic mass is 10.3. The van der Waals surface area contributed by atoms with Gasteiger partial charge in [-0.1, -0.05) is 0 Å². The molecule has 0 unspecified atom stereocenters. The minimum atomic E-state index is -3.64. The van der Waals surface area contributed by atoms with Gasteiger partial charge in [-0.15, -0.1) is 0 Å². The lowest BCUT2D eigenvalue weighted by Crippen LogP contribution is -2.54. The molecule has 0 N–H and O–H groups in total. The molecular formula is C6H8F4O2. The van der Waals surface area contributed by atoms with Crippen LogP contribution >= 0.6 is 0 Å². The second-order valence-electron chi connectivity index (χ2n) is 2.64. The molecule has 12 heavy (non-hydrogen) atoms. The maximum Gasteiger partial charge on any atom is 0.382 e. The molecule has 1 fully saturated rings. The van der Waals surface area contributed by atoms with Gasteiger partial charge < -0.3 is 9.47 Å². The van der Waals surface area contributed by atoms with Gasteiger partial charge in [0, 0.05) is 0 Å². The molecule has 0 bridgehead atoms. The van der Waals surface area contributed by atoms with Crippen LogP contribution in [0.4, 0.5) is 17.6 Å². The van der Waals surface area contributed by atoms with Gasteiger partial charge in [0.1, 0.15) is 0 Å². The van der Waals surface area contributed by atoms with E-state index in [0.717, 1.165) is 13.8 Å². The van der Waals surface area contributed by atoms with Crippen LogP contribution in [0.5, 0.6) is 0 Å². The van der Waals surface area contributed by atoms with Crippen molar-refractivity contribution >= 4 is 0 Å². The first-order chi connectivity index (χ1) is 5.26. The van der Waals surface area contributed by atoms with Crippen LogP contribution in [0.15, 0.2) is 0 Å². The first-order valence-electron chi connectivity index (χ1n) is 3.37. The molecule has 2 nitrogen and oxygen atoms in total. The van der Waals surface area contributed by atoms with E-state index >= 15 is 0 Å². The normalized spacial score (nSPS) is 39.5. The van der Waals surface area contributed by atoms with Crippen molar-refractivity contribution in [2.45, 2.75) is 38.3 Å². The van der Waals surface area contributed by atoms with Crippen LogP contribution in [0.25, 0.3) is 0 Å². The second kappa shape index (κ2) is 2.56. The van der Waals surface area contributed by atoms with Crippen molar-refractivity contribution in [3.8, 4) is 0 Å². The first-order valence-corrected chi connectivity index (χ1v) is 3.37. The maximum atomic E-state index is 12.5. The van der Waals surface area contributed by atoms with E-state index in [1.54, 1.807) is 0 Å². The van der Waals surface area contributed by atoms with E-state index in [9.17, 15) is 17.6 Å². The summed E-state index contributed by atoms with van der Waals surface area (Å²) in [5.74, 6) is 0. The SMILES string of the molecule is C[C@@H]1OC(F)(F)[C@@H](C)OC1(F)F. The molecule has 0 aliphatic carbocycles. The predicted molar refractivity (Wildman–Crippen MR) is 31.0 cm³/mol. The van der Waals surface area contributed by atoms with Gasteiger partial charge in [0.2, 0.25) is 0 Å². The van der Waals surface area contributed by atoms with Crippen molar-refractivity contribution in [2.24, 2.45) is 0 Å². The molecule has 1 aliphatic rings. The van der Waals surface area contributed by atoms with E-state index in [-0.39, 0.29) is 0 Å². The summed E-state index contributed by atoms with van der Waals surface area (Å²) < 4.78 is 57.6. The minimum Gasteiger partial charge on any atom is -0.306 e. The van der Waals surface area contributed by atoms with Gasteiger partial charge in [-0.25, -0.2) is 0 Å². The molecule has 2 atom stereocenters. The standard InChI is InChI=1S/C6H8F4O2/c1-3-5(7,8)12-4(2)6(9,10)11-3/h3-4H,1-2H3/t3-,4+. The molecule has 1 rings (SSSR count). The summed E-state index contributed by atoms with van der Waals surface area (Å²) in [6.07, 6.45) is -11.1. The molecule has 6 heteroatoms. The highest BCUT2D eigenvalue weighted by Crippen LogP contribution is 2.38. The van der Waals surface area contributed by atoms with Crippen molar-refractivity contribution in [3.05, 3.63) is 0 Å². The Morgan fingerprint density at radius 2 is 1.08 bits per heavy atom. The van der Waals surface area contributed by atoms with Crippen molar-refractivity contribution < 1.29 is 27.0 Å². The molecule has 0 aromatic rings. The fraction of sp³-hybridized carbons (Fsp3) is 1.00. The van der Waals surface area contributed by atoms with Crippen LogP contribution in [0, 0.1) is 0 Å². The zero-order chi connectivity index (χ0) is 9.57. The van der Waals surface area contributed by atoms with Crippen molar-refractivity contribution in [1.82, 2.24) is 0 Å². The molecule has 72 valence electrons. The summed E-state index contributed by atoms with van der Waals surface area (Å²) >= 11 is 0. The average Bonchev–Trinajstić information content (AvgIpc) is 1.82. The zero-order valence-electron chi connectivity index (χ0n) is 6.48. The molecule has 0 saturated carbocycles. The van der Waals surface area contributed by atoms with E-state index in [4.69, 9.17) is 0 Å². The van der Waals surface area contributed by atoms with E-state index in [1.807, 2.05) is 0 Å². The lowest BCUT2D eigenvalue weighted by Gasteiger charge is -2.37. The highest BCUT2D eigenvalue weighted by atomic mass is 19.3. The molecule has 0 aromatic heterocycles. The van der Waals surface area contributed by atoms with Gasteiger partial charge in [-0.2, -0.15) is 17.6 Å². The fourth-order valence-corrected chi connectivity index (χ4v) is 0.800. The third-order valence-corrected chi connectivity index (χ3v) is 1.61. The van der Waals surface area contributed by atoms with E-state index in [0.29, 0.717) is 0 Å². The van der Waals surface area contributed by atoms with E-state index < -0.39 is 24.4 Å².